The van der Waals surface area contributed by atoms with E-state index in [-0.39, 0.29) is 29.3 Å². The van der Waals surface area contributed by atoms with Gasteiger partial charge in [0.15, 0.2) is 5.69 Å². The number of aliphatic hydroxyl groups excluding tert-OH is 1. The van der Waals surface area contributed by atoms with Crippen LogP contribution < -0.4 is 15.1 Å². The van der Waals surface area contributed by atoms with Crippen LogP contribution in [0.1, 0.15) is 53.6 Å². The Labute approximate surface area is 222 Å². The molecule has 14 heteroatoms. The van der Waals surface area contributed by atoms with Crippen LogP contribution in [0.3, 0.4) is 0 Å². The van der Waals surface area contributed by atoms with E-state index < -0.39 is 29.8 Å². The Hall–Kier alpha value is -3.20. The highest BCUT2D eigenvalue weighted by atomic mass is 32.2. The lowest BCUT2D eigenvalue weighted by atomic mass is 10.1. The van der Waals surface area contributed by atoms with E-state index in [1.807, 2.05) is 26.8 Å². The van der Waals surface area contributed by atoms with Crippen molar-refractivity contribution in [2.24, 2.45) is 0 Å². The van der Waals surface area contributed by atoms with Gasteiger partial charge < -0.3 is 15.3 Å². The Balaban J connectivity index is 1.96. The van der Waals surface area contributed by atoms with E-state index in [1.165, 1.54) is 35.7 Å². The van der Waals surface area contributed by atoms with E-state index in [0.717, 1.165) is 17.3 Å². The molecular formula is C24H30F3N7O3S. The summed E-state index contributed by atoms with van der Waals surface area (Å²) in [6.45, 7) is 6.40. The summed E-state index contributed by atoms with van der Waals surface area (Å²) in [6.07, 6.45) is -1.05. The summed E-state index contributed by atoms with van der Waals surface area (Å²) in [7, 11) is 2.94. The summed E-state index contributed by atoms with van der Waals surface area (Å²) >= 11 is 1.24. The van der Waals surface area contributed by atoms with Gasteiger partial charge in [0.25, 0.3) is 5.91 Å². The predicted octanol–water partition coefficient (Wildman–Crippen LogP) is 4.10. The van der Waals surface area contributed by atoms with E-state index in [9.17, 15) is 23.1 Å². The summed E-state index contributed by atoms with van der Waals surface area (Å²) in [5.74, 6) is -0.213. The molecule has 3 rings (SSSR count). The number of hydrogen-bond acceptors (Lipinski definition) is 9. The van der Waals surface area contributed by atoms with Crippen molar-refractivity contribution in [2.75, 3.05) is 19.1 Å². The van der Waals surface area contributed by atoms with Crippen LogP contribution in [-0.2, 0) is 29.7 Å². The first kappa shape index (κ1) is 29.4. The summed E-state index contributed by atoms with van der Waals surface area (Å²) in [6, 6.07) is 3.56. The standard InChI is InChI=1S/C24H30F3N7O3S/c1-14-20(21(36)30-10-16-7-8-17(11-29-16)38-32-37-6)31-34(23(2,3)4)22(14)33(5)18-12-28-9-15(13-35)19(18)24(25,26)27/h7-9,11-12,32,35H,10,13H2,1-6H3,(H,30,36). The Morgan fingerprint density at radius 2 is 1.92 bits per heavy atom. The molecule has 38 heavy (non-hydrogen) atoms. The van der Waals surface area contributed by atoms with E-state index in [2.05, 4.69) is 25.3 Å². The SMILES string of the molecule is CONSc1ccc(CNC(=O)c2nn(C(C)(C)C)c(N(C)c3cncc(CO)c3C(F)(F)F)c2C)nc1. The fraction of sp³-hybridized carbons (Fsp3) is 0.417. The number of amides is 1. The number of anilines is 2. The summed E-state index contributed by atoms with van der Waals surface area (Å²) < 4.78 is 43.6. The largest absolute Gasteiger partial charge is 0.418 e. The Morgan fingerprint density at radius 3 is 2.47 bits per heavy atom. The third-order valence-electron chi connectivity index (χ3n) is 5.55. The van der Waals surface area contributed by atoms with Gasteiger partial charge in [-0.05, 0) is 51.8 Å². The Bertz CT molecular complexity index is 1270. The molecule has 0 aliphatic carbocycles. The molecule has 0 atom stereocenters. The van der Waals surface area contributed by atoms with Gasteiger partial charge in [0, 0.05) is 35.5 Å². The van der Waals surface area contributed by atoms with Crippen LogP contribution in [0.2, 0.25) is 0 Å². The summed E-state index contributed by atoms with van der Waals surface area (Å²) in [4.78, 5) is 30.9. The molecule has 0 saturated carbocycles. The van der Waals surface area contributed by atoms with Gasteiger partial charge in [0.05, 0.1) is 48.9 Å². The van der Waals surface area contributed by atoms with Crippen molar-refractivity contribution in [3.8, 4) is 0 Å². The van der Waals surface area contributed by atoms with Crippen molar-refractivity contribution in [1.29, 1.82) is 0 Å². The minimum atomic E-state index is -4.74. The molecule has 10 nitrogen and oxygen atoms in total. The first-order valence-corrected chi connectivity index (χ1v) is 12.3. The fourth-order valence-electron chi connectivity index (χ4n) is 3.79. The molecule has 0 fully saturated rings. The smallest absolute Gasteiger partial charge is 0.392 e. The second-order valence-electron chi connectivity index (χ2n) is 9.34. The Morgan fingerprint density at radius 1 is 1.21 bits per heavy atom. The average Bonchev–Trinajstić information content (AvgIpc) is 3.22. The van der Waals surface area contributed by atoms with Crippen molar-refractivity contribution in [2.45, 2.75) is 57.5 Å². The number of aromatic nitrogens is 4. The highest BCUT2D eigenvalue weighted by Crippen LogP contribution is 2.42. The van der Waals surface area contributed by atoms with Crippen molar-refractivity contribution in [1.82, 2.24) is 30.0 Å². The average molecular weight is 554 g/mol. The molecule has 0 spiro atoms. The second-order valence-corrected chi connectivity index (χ2v) is 10.2. The molecule has 3 heterocycles. The normalized spacial score (nSPS) is 12.1. The number of hydrogen-bond donors (Lipinski definition) is 3. The van der Waals surface area contributed by atoms with Gasteiger partial charge >= 0.3 is 6.18 Å². The zero-order chi connectivity index (χ0) is 28.3. The maximum atomic E-state index is 14.0. The maximum Gasteiger partial charge on any atom is 0.418 e. The molecule has 3 N–H and O–H groups in total. The van der Waals surface area contributed by atoms with E-state index in [0.29, 0.717) is 11.3 Å². The van der Waals surface area contributed by atoms with Gasteiger partial charge in [0.1, 0.15) is 5.82 Å². The van der Waals surface area contributed by atoms with Crippen LogP contribution in [-0.4, -0.2) is 44.9 Å². The van der Waals surface area contributed by atoms with Gasteiger partial charge in [-0.2, -0.15) is 18.3 Å². The topological polar surface area (TPSA) is 117 Å². The van der Waals surface area contributed by atoms with Gasteiger partial charge in [0.2, 0.25) is 0 Å². The lowest BCUT2D eigenvalue weighted by molar-refractivity contribution is -0.138. The van der Waals surface area contributed by atoms with Crippen LogP contribution in [0.4, 0.5) is 24.7 Å². The number of pyridine rings is 2. The number of nitrogens with zero attached hydrogens (tertiary/aromatic N) is 5. The molecule has 0 aliphatic heterocycles. The molecule has 0 radical (unpaired) electrons. The summed E-state index contributed by atoms with van der Waals surface area (Å²) in [5.41, 5.74) is -1.25. The first-order valence-electron chi connectivity index (χ1n) is 11.5. The predicted molar refractivity (Wildman–Crippen MR) is 137 cm³/mol. The zero-order valence-electron chi connectivity index (χ0n) is 21.8. The molecule has 0 saturated heterocycles. The van der Waals surface area contributed by atoms with E-state index in [1.54, 1.807) is 19.2 Å². The highest BCUT2D eigenvalue weighted by Gasteiger charge is 2.39. The highest BCUT2D eigenvalue weighted by molar-refractivity contribution is 7.97. The molecular weight excluding hydrogens is 523 g/mol. The van der Waals surface area contributed by atoms with Crippen molar-refractivity contribution in [3.05, 3.63) is 58.8 Å². The molecule has 0 aromatic carbocycles. The lowest BCUT2D eigenvalue weighted by Crippen LogP contribution is -2.29. The van der Waals surface area contributed by atoms with Crippen molar-refractivity contribution in [3.63, 3.8) is 0 Å². The number of rotatable bonds is 9. The number of halogens is 3. The maximum absolute atomic E-state index is 14.0. The molecule has 206 valence electrons. The van der Waals surface area contributed by atoms with Crippen LogP contribution in [0.5, 0.6) is 0 Å². The number of alkyl halides is 3. The van der Waals surface area contributed by atoms with Crippen LogP contribution in [0, 0.1) is 6.92 Å². The third kappa shape index (κ3) is 6.43. The van der Waals surface area contributed by atoms with Crippen LogP contribution >= 0.6 is 11.9 Å². The van der Waals surface area contributed by atoms with Crippen LogP contribution in [0.15, 0.2) is 35.6 Å². The Kier molecular flexibility index (Phi) is 9.02. The van der Waals surface area contributed by atoms with Gasteiger partial charge in [-0.3, -0.25) is 19.6 Å². The summed E-state index contributed by atoms with van der Waals surface area (Å²) in [5, 5.41) is 16.8. The molecule has 3 aromatic heterocycles. The quantitative estimate of drug-likeness (QED) is 0.266. The molecule has 0 aliphatic rings. The third-order valence-corrected chi connectivity index (χ3v) is 6.28. The molecule has 1 amide bonds. The van der Waals surface area contributed by atoms with Crippen molar-refractivity contribution < 1.29 is 27.9 Å². The molecule has 0 unspecified atom stereocenters. The number of carbonyl (C=O) groups excluding carboxylic acids is 1. The number of nitrogens with one attached hydrogen (secondary N) is 2. The first-order chi connectivity index (χ1) is 17.8. The minimum Gasteiger partial charge on any atom is -0.392 e. The lowest BCUT2D eigenvalue weighted by Gasteiger charge is -2.30. The molecule has 3 aromatic rings. The number of aliphatic hydroxyl groups is 1. The minimum absolute atomic E-state index is 0.0677. The van der Waals surface area contributed by atoms with Gasteiger partial charge in [-0.1, -0.05) is 0 Å². The fourth-order valence-corrected chi connectivity index (χ4v) is 4.21. The second kappa shape index (κ2) is 11.7. The monoisotopic (exact) mass is 553 g/mol. The zero-order valence-corrected chi connectivity index (χ0v) is 22.7. The van der Waals surface area contributed by atoms with Crippen molar-refractivity contribution >= 4 is 29.4 Å². The van der Waals surface area contributed by atoms with Gasteiger partial charge in [-0.25, -0.2) is 4.68 Å². The van der Waals surface area contributed by atoms with Crippen LogP contribution in [0.25, 0.3) is 0 Å². The number of carbonyl (C=O) groups is 1. The van der Waals surface area contributed by atoms with E-state index in [4.69, 9.17) is 4.84 Å². The van der Waals surface area contributed by atoms with Gasteiger partial charge in [-0.15, -0.1) is 4.89 Å². The van der Waals surface area contributed by atoms with E-state index >= 15 is 0 Å². The molecule has 0 bridgehead atoms.